The normalized spacial score (nSPS) is 15.7. The standard InChI is InChI=1S/C19H19N3/c1-14-2-3-15-4-5-18(22-17(15)12-14)21-13-19(8-9-19)16-6-10-20-11-7-16/h2-7,10-12H,8-9,13H2,1H3,(H,21,22). The maximum absolute atomic E-state index is 4.74. The van der Waals surface area contributed by atoms with Gasteiger partial charge in [-0.15, -0.1) is 0 Å². The molecule has 0 radical (unpaired) electrons. The number of hydrogen-bond donors (Lipinski definition) is 1. The topological polar surface area (TPSA) is 37.8 Å². The number of pyridine rings is 2. The van der Waals surface area contributed by atoms with Crippen LogP contribution in [-0.2, 0) is 5.41 Å². The van der Waals surface area contributed by atoms with Crippen LogP contribution >= 0.6 is 0 Å². The molecule has 22 heavy (non-hydrogen) atoms. The van der Waals surface area contributed by atoms with E-state index in [0.29, 0.717) is 0 Å². The van der Waals surface area contributed by atoms with Crippen LogP contribution in [0.3, 0.4) is 0 Å². The van der Waals surface area contributed by atoms with Gasteiger partial charge in [0.1, 0.15) is 5.82 Å². The van der Waals surface area contributed by atoms with Gasteiger partial charge in [0.2, 0.25) is 0 Å². The molecule has 2 aromatic heterocycles. The van der Waals surface area contributed by atoms with Gasteiger partial charge in [0, 0.05) is 29.7 Å². The van der Waals surface area contributed by atoms with E-state index in [-0.39, 0.29) is 5.41 Å². The molecule has 0 bridgehead atoms. The predicted octanol–water partition coefficient (Wildman–Crippen LogP) is 4.08. The molecule has 0 atom stereocenters. The Balaban J connectivity index is 1.54. The van der Waals surface area contributed by atoms with Crippen molar-refractivity contribution in [2.24, 2.45) is 0 Å². The van der Waals surface area contributed by atoms with E-state index < -0.39 is 0 Å². The molecule has 2 heterocycles. The Morgan fingerprint density at radius 2 is 1.82 bits per heavy atom. The van der Waals surface area contributed by atoms with Crippen molar-refractivity contribution in [3.8, 4) is 0 Å². The lowest BCUT2D eigenvalue weighted by Gasteiger charge is -2.17. The average molecular weight is 289 g/mol. The van der Waals surface area contributed by atoms with E-state index in [4.69, 9.17) is 4.98 Å². The van der Waals surface area contributed by atoms with Gasteiger partial charge in [-0.25, -0.2) is 4.98 Å². The average Bonchev–Trinajstić information content (AvgIpc) is 3.34. The fraction of sp³-hybridized carbons (Fsp3) is 0.263. The third-order valence-corrected chi connectivity index (χ3v) is 4.60. The zero-order chi connectivity index (χ0) is 15.0. The van der Waals surface area contributed by atoms with Crippen LogP contribution in [0.4, 0.5) is 5.82 Å². The highest BCUT2D eigenvalue weighted by atomic mass is 15.0. The molecule has 0 unspecified atom stereocenters. The second-order valence-corrected chi connectivity index (χ2v) is 6.26. The van der Waals surface area contributed by atoms with Crippen molar-refractivity contribution in [1.29, 1.82) is 0 Å². The van der Waals surface area contributed by atoms with Crippen LogP contribution in [0.1, 0.15) is 24.0 Å². The van der Waals surface area contributed by atoms with Gasteiger partial charge in [-0.05, 0) is 61.2 Å². The van der Waals surface area contributed by atoms with Crippen LogP contribution in [0.2, 0.25) is 0 Å². The number of hydrogen-bond acceptors (Lipinski definition) is 3. The summed E-state index contributed by atoms with van der Waals surface area (Å²) in [5.41, 5.74) is 3.95. The Kier molecular flexibility index (Phi) is 3.07. The largest absolute Gasteiger partial charge is 0.369 e. The molecule has 1 N–H and O–H groups in total. The van der Waals surface area contributed by atoms with Gasteiger partial charge in [-0.2, -0.15) is 0 Å². The van der Waals surface area contributed by atoms with Crippen LogP contribution in [0, 0.1) is 6.92 Å². The van der Waals surface area contributed by atoms with Crippen LogP contribution in [-0.4, -0.2) is 16.5 Å². The number of benzene rings is 1. The molecular formula is C19H19N3. The maximum Gasteiger partial charge on any atom is 0.126 e. The van der Waals surface area contributed by atoms with Gasteiger partial charge >= 0.3 is 0 Å². The van der Waals surface area contributed by atoms with E-state index in [0.717, 1.165) is 17.9 Å². The molecule has 0 spiro atoms. The van der Waals surface area contributed by atoms with Crippen molar-refractivity contribution in [2.75, 3.05) is 11.9 Å². The summed E-state index contributed by atoms with van der Waals surface area (Å²) < 4.78 is 0. The summed E-state index contributed by atoms with van der Waals surface area (Å²) in [4.78, 5) is 8.85. The highest BCUT2D eigenvalue weighted by molar-refractivity contribution is 5.80. The predicted molar refractivity (Wildman–Crippen MR) is 90.1 cm³/mol. The summed E-state index contributed by atoms with van der Waals surface area (Å²) in [7, 11) is 0. The number of fused-ring (bicyclic) bond motifs is 1. The fourth-order valence-electron chi connectivity index (χ4n) is 3.01. The second kappa shape index (κ2) is 5.09. The summed E-state index contributed by atoms with van der Waals surface area (Å²) in [5, 5.41) is 4.71. The van der Waals surface area contributed by atoms with Gasteiger partial charge < -0.3 is 5.32 Å². The Bertz CT molecular complexity index is 807. The molecule has 1 aromatic carbocycles. The Hall–Kier alpha value is -2.42. The minimum Gasteiger partial charge on any atom is -0.369 e. The first kappa shape index (κ1) is 13.3. The minimum absolute atomic E-state index is 0.270. The first-order chi connectivity index (χ1) is 10.8. The molecule has 3 aromatic rings. The molecule has 110 valence electrons. The Morgan fingerprint density at radius 1 is 1.05 bits per heavy atom. The van der Waals surface area contributed by atoms with E-state index in [9.17, 15) is 0 Å². The minimum atomic E-state index is 0.270. The van der Waals surface area contributed by atoms with Crippen molar-refractivity contribution in [1.82, 2.24) is 9.97 Å². The molecule has 0 amide bonds. The lowest BCUT2D eigenvalue weighted by Crippen LogP contribution is -2.20. The molecule has 1 fully saturated rings. The zero-order valence-electron chi connectivity index (χ0n) is 12.7. The summed E-state index contributed by atoms with van der Waals surface area (Å²) >= 11 is 0. The summed E-state index contributed by atoms with van der Waals surface area (Å²) in [5.74, 6) is 0.957. The smallest absolute Gasteiger partial charge is 0.126 e. The SMILES string of the molecule is Cc1ccc2ccc(NCC3(c4ccncc4)CC3)nc2c1. The first-order valence-corrected chi connectivity index (χ1v) is 7.77. The highest BCUT2D eigenvalue weighted by Gasteiger charge is 2.43. The van der Waals surface area contributed by atoms with Gasteiger partial charge in [-0.3, -0.25) is 4.98 Å². The Labute approximate surface area is 130 Å². The molecule has 0 aliphatic heterocycles. The lowest BCUT2D eigenvalue weighted by atomic mass is 9.97. The van der Waals surface area contributed by atoms with Crippen molar-refractivity contribution in [3.63, 3.8) is 0 Å². The van der Waals surface area contributed by atoms with Gasteiger partial charge in [-0.1, -0.05) is 12.1 Å². The van der Waals surface area contributed by atoms with Gasteiger partial charge in [0.05, 0.1) is 5.52 Å². The molecule has 1 aliphatic carbocycles. The molecular weight excluding hydrogens is 270 g/mol. The quantitative estimate of drug-likeness (QED) is 0.786. The maximum atomic E-state index is 4.74. The van der Waals surface area contributed by atoms with Crippen molar-refractivity contribution in [2.45, 2.75) is 25.2 Å². The number of rotatable bonds is 4. The van der Waals surface area contributed by atoms with Gasteiger partial charge in [0.25, 0.3) is 0 Å². The summed E-state index contributed by atoms with van der Waals surface area (Å²) in [6.45, 7) is 3.03. The lowest BCUT2D eigenvalue weighted by molar-refractivity contribution is 0.729. The van der Waals surface area contributed by atoms with Crippen LogP contribution in [0.15, 0.2) is 54.9 Å². The molecule has 1 saturated carbocycles. The molecule has 3 nitrogen and oxygen atoms in total. The summed E-state index contributed by atoms with van der Waals surface area (Å²) in [6, 6.07) is 14.9. The molecule has 3 heteroatoms. The van der Waals surface area contributed by atoms with E-state index in [1.807, 2.05) is 12.4 Å². The van der Waals surface area contributed by atoms with Gasteiger partial charge in [0.15, 0.2) is 0 Å². The second-order valence-electron chi connectivity index (χ2n) is 6.26. The first-order valence-electron chi connectivity index (χ1n) is 7.77. The van der Waals surface area contributed by atoms with E-state index in [1.165, 1.54) is 29.4 Å². The number of nitrogens with zero attached hydrogens (tertiary/aromatic N) is 2. The van der Waals surface area contributed by atoms with Crippen molar-refractivity contribution >= 4 is 16.7 Å². The van der Waals surface area contributed by atoms with Crippen LogP contribution in [0.25, 0.3) is 10.9 Å². The number of anilines is 1. The molecule has 4 rings (SSSR count). The Morgan fingerprint density at radius 3 is 2.59 bits per heavy atom. The highest BCUT2D eigenvalue weighted by Crippen LogP contribution is 2.47. The van der Waals surface area contributed by atoms with E-state index in [1.54, 1.807) is 0 Å². The third-order valence-electron chi connectivity index (χ3n) is 4.60. The zero-order valence-corrected chi connectivity index (χ0v) is 12.7. The van der Waals surface area contributed by atoms with E-state index in [2.05, 4.69) is 59.7 Å². The number of aromatic nitrogens is 2. The fourth-order valence-corrected chi connectivity index (χ4v) is 3.01. The van der Waals surface area contributed by atoms with Crippen molar-refractivity contribution in [3.05, 3.63) is 66.0 Å². The van der Waals surface area contributed by atoms with Crippen LogP contribution < -0.4 is 5.32 Å². The molecule has 0 saturated heterocycles. The number of nitrogens with one attached hydrogen (secondary N) is 1. The third kappa shape index (κ3) is 2.43. The monoisotopic (exact) mass is 289 g/mol. The van der Waals surface area contributed by atoms with Crippen LogP contribution in [0.5, 0.6) is 0 Å². The van der Waals surface area contributed by atoms with Crippen molar-refractivity contribution < 1.29 is 0 Å². The number of aryl methyl sites for hydroxylation is 1. The van der Waals surface area contributed by atoms with E-state index >= 15 is 0 Å². The summed E-state index contributed by atoms with van der Waals surface area (Å²) in [6.07, 6.45) is 6.23. The molecule has 1 aliphatic rings.